The first-order valence-electron chi connectivity index (χ1n) is 9.76. The summed E-state index contributed by atoms with van der Waals surface area (Å²) in [4.78, 5) is 8.19. The second kappa shape index (κ2) is 7.67. The molecule has 3 aromatic carbocycles. The summed E-state index contributed by atoms with van der Waals surface area (Å²) >= 11 is 12.3. The Balaban J connectivity index is 1.74. The summed E-state index contributed by atoms with van der Waals surface area (Å²) in [5, 5.41) is 2.55. The van der Waals surface area contributed by atoms with E-state index in [0.29, 0.717) is 5.02 Å². The fourth-order valence-electron chi connectivity index (χ4n) is 3.92. The maximum Gasteiger partial charge on any atom is 0.0964 e. The molecule has 1 N–H and O–H groups in total. The van der Waals surface area contributed by atoms with E-state index < -0.39 is 0 Å². The van der Waals surface area contributed by atoms with E-state index in [-0.39, 0.29) is 6.04 Å². The van der Waals surface area contributed by atoms with E-state index in [0.717, 1.165) is 38.4 Å². The van der Waals surface area contributed by atoms with Crippen molar-refractivity contribution in [3.05, 3.63) is 101 Å². The van der Waals surface area contributed by atoms with Crippen LogP contribution >= 0.6 is 23.2 Å². The zero-order chi connectivity index (χ0) is 20.7. The molecule has 30 heavy (non-hydrogen) atoms. The smallest absolute Gasteiger partial charge is 0.0964 e. The van der Waals surface area contributed by atoms with Crippen LogP contribution in [0.15, 0.2) is 85.3 Å². The minimum atomic E-state index is 0.0829. The van der Waals surface area contributed by atoms with Crippen LogP contribution in [0.1, 0.15) is 18.5 Å². The van der Waals surface area contributed by atoms with Gasteiger partial charge in [0.05, 0.1) is 23.8 Å². The topological polar surface area (TPSA) is 33.6 Å². The van der Waals surface area contributed by atoms with Gasteiger partial charge in [0.1, 0.15) is 0 Å². The van der Waals surface area contributed by atoms with Crippen LogP contribution in [-0.2, 0) is 0 Å². The zero-order valence-corrected chi connectivity index (χ0v) is 17.8. The minimum absolute atomic E-state index is 0.0829. The van der Waals surface area contributed by atoms with Crippen LogP contribution in [0.5, 0.6) is 0 Å². The summed E-state index contributed by atoms with van der Waals surface area (Å²) < 4.78 is 2.22. The molecule has 5 rings (SSSR count). The highest BCUT2D eigenvalue weighted by atomic mass is 35.5. The number of imidazole rings is 1. The molecule has 148 valence electrons. The summed E-state index contributed by atoms with van der Waals surface area (Å²) in [6.07, 6.45) is 3.96. The molecule has 2 heterocycles. The average molecular weight is 432 g/mol. The number of benzene rings is 3. The molecule has 0 fully saturated rings. The predicted octanol–water partition coefficient (Wildman–Crippen LogP) is 7.61. The number of nitrogens with zero attached hydrogens (tertiary/aromatic N) is 2. The van der Waals surface area contributed by atoms with Crippen LogP contribution in [-0.4, -0.2) is 14.5 Å². The Hall–Kier alpha value is -3.01. The number of halogens is 2. The van der Waals surface area contributed by atoms with Crippen molar-refractivity contribution in [3.8, 4) is 22.5 Å². The van der Waals surface area contributed by atoms with E-state index in [4.69, 9.17) is 28.2 Å². The Morgan fingerprint density at radius 2 is 1.63 bits per heavy atom. The van der Waals surface area contributed by atoms with Gasteiger partial charge in [-0.25, -0.2) is 4.98 Å². The van der Waals surface area contributed by atoms with E-state index in [9.17, 15) is 0 Å². The van der Waals surface area contributed by atoms with E-state index in [2.05, 4.69) is 46.8 Å². The highest BCUT2D eigenvalue weighted by Gasteiger charge is 2.21. The van der Waals surface area contributed by atoms with Crippen LogP contribution in [0.4, 0.5) is 0 Å². The van der Waals surface area contributed by atoms with Crippen LogP contribution in [0, 0.1) is 0 Å². The molecule has 2 aromatic heterocycles. The van der Waals surface area contributed by atoms with Crippen LogP contribution in [0.25, 0.3) is 33.4 Å². The lowest BCUT2D eigenvalue weighted by atomic mass is 10.0. The standard InChI is InChI=1S/C25H19Cl2N3/c1-16(17-7-9-19(26)10-8-17)30-15-29-24(18-5-3-2-4-6-18)25(30)22-14-28-23-13-20(27)11-12-21(22)23/h2-16,28H,1H3/t16-/m0/s1. The number of aromatic nitrogens is 3. The summed E-state index contributed by atoms with van der Waals surface area (Å²) in [5.74, 6) is 0. The normalized spacial score (nSPS) is 12.4. The molecule has 0 bridgehead atoms. The number of hydrogen-bond donors (Lipinski definition) is 1. The molecular formula is C25H19Cl2N3. The van der Waals surface area contributed by atoms with Crippen LogP contribution < -0.4 is 0 Å². The lowest BCUT2D eigenvalue weighted by molar-refractivity contribution is 0.645. The minimum Gasteiger partial charge on any atom is -0.360 e. The van der Waals surface area contributed by atoms with Crippen molar-refractivity contribution in [3.63, 3.8) is 0 Å². The molecule has 5 heteroatoms. The van der Waals surface area contributed by atoms with Crippen molar-refractivity contribution in [1.82, 2.24) is 14.5 Å². The number of nitrogens with one attached hydrogen (secondary N) is 1. The monoisotopic (exact) mass is 431 g/mol. The fraction of sp³-hybridized carbons (Fsp3) is 0.0800. The highest BCUT2D eigenvalue weighted by Crippen LogP contribution is 2.38. The first kappa shape index (κ1) is 19.0. The highest BCUT2D eigenvalue weighted by molar-refractivity contribution is 6.31. The molecule has 1 atom stereocenters. The van der Waals surface area contributed by atoms with Gasteiger partial charge in [-0.15, -0.1) is 0 Å². The summed E-state index contributed by atoms with van der Waals surface area (Å²) in [5.41, 5.74) is 6.37. The van der Waals surface area contributed by atoms with Gasteiger partial charge in [0, 0.05) is 38.3 Å². The van der Waals surface area contributed by atoms with Gasteiger partial charge in [-0.2, -0.15) is 0 Å². The Labute approximate surface area is 184 Å². The molecule has 0 saturated carbocycles. The SMILES string of the molecule is C[C@@H](c1ccc(Cl)cc1)n1cnc(-c2ccccc2)c1-c1c[nH]c2cc(Cl)ccc12. The van der Waals surface area contributed by atoms with Gasteiger partial charge in [-0.1, -0.05) is 71.7 Å². The van der Waals surface area contributed by atoms with Crippen molar-refractivity contribution in [2.75, 3.05) is 0 Å². The molecule has 0 saturated heterocycles. The molecule has 0 amide bonds. The van der Waals surface area contributed by atoms with Gasteiger partial charge in [0.15, 0.2) is 0 Å². The third kappa shape index (κ3) is 3.30. The number of H-pyrrole nitrogens is 1. The van der Waals surface area contributed by atoms with Gasteiger partial charge >= 0.3 is 0 Å². The number of hydrogen-bond acceptors (Lipinski definition) is 1. The number of rotatable bonds is 4. The van der Waals surface area contributed by atoms with Gasteiger partial charge in [-0.3, -0.25) is 0 Å². The van der Waals surface area contributed by atoms with Crippen LogP contribution in [0.3, 0.4) is 0 Å². The summed E-state index contributed by atoms with van der Waals surface area (Å²) in [6, 6.07) is 24.3. The van der Waals surface area contributed by atoms with Crippen LogP contribution in [0.2, 0.25) is 10.0 Å². The lowest BCUT2D eigenvalue weighted by Gasteiger charge is -2.18. The second-order valence-electron chi connectivity index (χ2n) is 7.33. The third-order valence-corrected chi connectivity index (χ3v) is 6.00. The van der Waals surface area contributed by atoms with Crippen molar-refractivity contribution in [2.45, 2.75) is 13.0 Å². The van der Waals surface area contributed by atoms with Crippen molar-refractivity contribution in [2.24, 2.45) is 0 Å². The first-order valence-corrected chi connectivity index (χ1v) is 10.5. The van der Waals surface area contributed by atoms with E-state index in [1.165, 1.54) is 5.56 Å². The Morgan fingerprint density at radius 1 is 0.900 bits per heavy atom. The summed E-state index contributed by atoms with van der Waals surface area (Å²) in [6.45, 7) is 2.18. The van der Waals surface area contributed by atoms with Crippen molar-refractivity contribution >= 4 is 34.1 Å². The van der Waals surface area contributed by atoms with Gasteiger partial charge in [0.25, 0.3) is 0 Å². The molecule has 0 radical (unpaired) electrons. The second-order valence-corrected chi connectivity index (χ2v) is 8.21. The molecular weight excluding hydrogens is 413 g/mol. The van der Waals surface area contributed by atoms with E-state index in [1.807, 2.05) is 55.0 Å². The molecule has 5 aromatic rings. The average Bonchev–Trinajstić information content (AvgIpc) is 3.38. The maximum atomic E-state index is 6.21. The van der Waals surface area contributed by atoms with E-state index in [1.54, 1.807) is 0 Å². The van der Waals surface area contributed by atoms with E-state index >= 15 is 0 Å². The Bertz CT molecular complexity index is 1320. The third-order valence-electron chi connectivity index (χ3n) is 5.51. The lowest BCUT2D eigenvalue weighted by Crippen LogP contribution is -2.07. The first-order chi connectivity index (χ1) is 14.6. The molecule has 0 aliphatic carbocycles. The van der Waals surface area contributed by atoms with Gasteiger partial charge in [0.2, 0.25) is 0 Å². The van der Waals surface area contributed by atoms with Crippen molar-refractivity contribution < 1.29 is 0 Å². The van der Waals surface area contributed by atoms with Gasteiger partial charge < -0.3 is 9.55 Å². The molecule has 3 nitrogen and oxygen atoms in total. The molecule has 0 aliphatic rings. The Morgan fingerprint density at radius 3 is 2.40 bits per heavy atom. The summed E-state index contributed by atoms with van der Waals surface area (Å²) in [7, 11) is 0. The zero-order valence-electron chi connectivity index (χ0n) is 16.3. The largest absolute Gasteiger partial charge is 0.360 e. The molecule has 0 aliphatic heterocycles. The molecule has 0 spiro atoms. The number of fused-ring (bicyclic) bond motifs is 1. The predicted molar refractivity (Wildman–Crippen MR) is 125 cm³/mol. The van der Waals surface area contributed by atoms with Crippen molar-refractivity contribution in [1.29, 1.82) is 0 Å². The van der Waals surface area contributed by atoms with Gasteiger partial charge in [-0.05, 0) is 36.8 Å². The maximum absolute atomic E-state index is 6.21. The Kier molecular flexibility index (Phi) is 4.86. The fourth-order valence-corrected chi connectivity index (χ4v) is 4.22. The quantitative estimate of drug-likeness (QED) is 0.311. The number of aromatic amines is 1. The molecule has 0 unspecified atom stereocenters.